The van der Waals surface area contributed by atoms with E-state index in [-0.39, 0.29) is 0 Å². The molecule has 0 atom stereocenters. The lowest BCUT2D eigenvalue weighted by atomic mass is 9.99. The van der Waals surface area contributed by atoms with Crippen LogP contribution in [0, 0.1) is 13.8 Å². The first kappa shape index (κ1) is 13.7. The normalized spacial score (nSPS) is 11.9. The van der Waals surface area contributed by atoms with E-state index < -0.39 is 0 Å². The summed E-state index contributed by atoms with van der Waals surface area (Å²) in [5.41, 5.74) is 10.8. The van der Waals surface area contributed by atoms with Crippen molar-refractivity contribution in [1.82, 2.24) is 9.97 Å². The fourth-order valence-electron chi connectivity index (χ4n) is 3.54. The average molecular weight is 329 g/mol. The Morgan fingerprint density at radius 3 is 1.96 bits per heavy atom. The Labute approximate surface area is 142 Å². The molecule has 3 nitrogen and oxygen atoms in total. The molecule has 0 saturated carbocycles. The Morgan fingerprint density at radius 2 is 1.29 bits per heavy atom. The van der Waals surface area contributed by atoms with Crippen LogP contribution in [0.2, 0.25) is 0 Å². The molecular weight excluding hydrogens is 314 g/mol. The Morgan fingerprint density at radius 1 is 0.708 bits per heavy atom. The average Bonchev–Trinajstić information content (AvgIpc) is 2.87. The molecule has 2 aromatic heterocycles. The zero-order valence-electron chi connectivity index (χ0n) is 13.4. The number of nitrogen functional groups attached to an aromatic ring is 1. The van der Waals surface area contributed by atoms with Crippen LogP contribution in [0.25, 0.3) is 43.6 Å². The van der Waals surface area contributed by atoms with Gasteiger partial charge < -0.3 is 5.73 Å². The van der Waals surface area contributed by atoms with Crippen LogP contribution in [0.3, 0.4) is 0 Å². The Kier molecular flexibility index (Phi) is 2.65. The lowest BCUT2D eigenvalue weighted by molar-refractivity contribution is 1.40. The van der Waals surface area contributed by atoms with Crippen LogP contribution in [0.15, 0.2) is 42.5 Å². The van der Waals surface area contributed by atoms with Gasteiger partial charge in [-0.3, -0.25) is 0 Å². The van der Waals surface area contributed by atoms with Gasteiger partial charge in [0.1, 0.15) is 11.0 Å². The predicted molar refractivity (Wildman–Crippen MR) is 104 cm³/mol. The van der Waals surface area contributed by atoms with Crippen LogP contribution in [0.4, 0.5) is 5.69 Å². The minimum atomic E-state index is 0.767. The predicted octanol–water partition coefficient (Wildman–Crippen LogP) is 5.35. The number of rotatable bonds is 0. The molecule has 0 aliphatic rings. The summed E-state index contributed by atoms with van der Waals surface area (Å²) in [7, 11) is 0. The number of anilines is 1. The van der Waals surface area contributed by atoms with E-state index in [1.807, 2.05) is 12.1 Å². The van der Waals surface area contributed by atoms with E-state index in [2.05, 4.69) is 44.2 Å². The standard InChI is InChI=1S/C20H15N3S/c1-10-17-18(11(2)24-10)23-20-15-8-7-12(21)9-16(15)13-5-3-4-6-14(13)19(20)22-17/h3-9H,21H2,1-2H3. The van der Waals surface area contributed by atoms with Gasteiger partial charge in [-0.1, -0.05) is 30.3 Å². The van der Waals surface area contributed by atoms with E-state index in [9.17, 15) is 0 Å². The van der Waals surface area contributed by atoms with Gasteiger partial charge in [0.25, 0.3) is 0 Å². The van der Waals surface area contributed by atoms with Crippen LogP contribution >= 0.6 is 11.3 Å². The van der Waals surface area contributed by atoms with Gasteiger partial charge in [0.05, 0.1) is 11.0 Å². The number of nitrogens with two attached hydrogens (primary N) is 1. The summed E-state index contributed by atoms with van der Waals surface area (Å²) in [6.07, 6.45) is 0. The number of aryl methyl sites for hydroxylation is 2. The molecule has 0 radical (unpaired) electrons. The maximum absolute atomic E-state index is 6.04. The maximum Gasteiger partial charge on any atom is 0.103 e. The van der Waals surface area contributed by atoms with E-state index in [0.29, 0.717) is 0 Å². The van der Waals surface area contributed by atoms with Gasteiger partial charge in [-0.05, 0) is 36.8 Å². The van der Waals surface area contributed by atoms with Gasteiger partial charge in [0.15, 0.2) is 0 Å². The van der Waals surface area contributed by atoms with Crippen molar-refractivity contribution in [3.63, 3.8) is 0 Å². The van der Waals surface area contributed by atoms with Crippen molar-refractivity contribution in [3.8, 4) is 0 Å². The zero-order chi connectivity index (χ0) is 16.4. The molecule has 5 aromatic rings. The Bertz CT molecular complexity index is 1280. The number of aromatic nitrogens is 2. The molecule has 2 heterocycles. The molecule has 0 unspecified atom stereocenters. The second-order valence-corrected chi connectivity index (χ2v) is 7.61. The minimum Gasteiger partial charge on any atom is -0.399 e. The van der Waals surface area contributed by atoms with Crippen molar-refractivity contribution in [3.05, 3.63) is 52.2 Å². The first-order valence-electron chi connectivity index (χ1n) is 7.91. The first-order valence-corrected chi connectivity index (χ1v) is 8.72. The molecule has 0 amide bonds. The van der Waals surface area contributed by atoms with E-state index in [1.54, 1.807) is 11.3 Å². The van der Waals surface area contributed by atoms with E-state index in [4.69, 9.17) is 15.7 Å². The molecule has 0 bridgehead atoms. The van der Waals surface area contributed by atoms with Crippen molar-refractivity contribution >= 4 is 60.6 Å². The molecule has 24 heavy (non-hydrogen) atoms. The molecule has 5 rings (SSSR count). The van der Waals surface area contributed by atoms with Crippen molar-refractivity contribution in [2.45, 2.75) is 13.8 Å². The smallest absolute Gasteiger partial charge is 0.103 e. The molecule has 0 saturated heterocycles. The summed E-state index contributed by atoms with van der Waals surface area (Å²) in [5, 5.41) is 4.54. The maximum atomic E-state index is 6.04. The summed E-state index contributed by atoms with van der Waals surface area (Å²) in [6.45, 7) is 4.23. The second-order valence-electron chi connectivity index (χ2n) is 6.18. The summed E-state index contributed by atoms with van der Waals surface area (Å²) < 4.78 is 0. The Balaban J connectivity index is 2.15. The van der Waals surface area contributed by atoms with Crippen molar-refractivity contribution in [2.75, 3.05) is 5.73 Å². The topological polar surface area (TPSA) is 51.8 Å². The van der Waals surface area contributed by atoms with E-state index in [1.165, 1.54) is 15.1 Å². The van der Waals surface area contributed by atoms with Crippen molar-refractivity contribution in [2.24, 2.45) is 0 Å². The van der Waals surface area contributed by atoms with Gasteiger partial charge in [-0.2, -0.15) is 0 Å². The molecule has 3 aromatic carbocycles. The molecule has 0 fully saturated rings. The van der Waals surface area contributed by atoms with Gasteiger partial charge in [0, 0.05) is 26.2 Å². The second kappa shape index (κ2) is 4.65. The Hall–Kier alpha value is -2.72. The monoisotopic (exact) mass is 329 g/mol. The summed E-state index contributed by atoms with van der Waals surface area (Å²) in [6, 6.07) is 14.4. The number of hydrogen-bond donors (Lipinski definition) is 1. The quantitative estimate of drug-likeness (QED) is 0.308. The van der Waals surface area contributed by atoms with E-state index >= 15 is 0 Å². The fourth-order valence-corrected chi connectivity index (χ4v) is 4.48. The molecular formula is C20H15N3S. The number of fused-ring (bicyclic) bond motifs is 7. The number of hydrogen-bond acceptors (Lipinski definition) is 4. The third kappa shape index (κ3) is 1.72. The van der Waals surface area contributed by atoms with Gasteiger partial charge in [-0.25, -0.2) is 9.97 Å². The van der Waals surface area contributed by atoms with Gasteiger partial charge in [0.2, 0.25) is 0 Å². The SMILES string of the molecule is Cc1sc(C)c2nc3c4ccc(N)cc4c4ccccc4c3nc12. The fraction of sp³-hybridized carbons (Fsp3) is 0.100. The summed E-state index contributed by atoms with van der Waals surface area (Å²) >= 11 is 1.76. The zero-order valence-corrected chi connectivity index (χ0v) is 14.2. The molecule has 116 valence electrons. The van der Waals surface area contributed by atoms with E-state index in [0.717, 1.165) is 43.9 Å². The third-order valence-corrected chi connectivity index (χ3v) is 5.64. The number of benzene rings is 3. The van der Waals surface area contributed by atoms with Crippen molar-refractivity contribution in [1.29, 1.82) is 0 Å². The third-order valence-electron chi connectivity index (χ3n) is 4.64. The van der Waals surface area contributed by atoms with Crippen molar-refractivity contribution < 1.29 is 0 Å². The minimum absolute atomic E-state index is 0.767. The van der Waals surface area contributed by atoms with Gasteiger partial charge >= 0.3 is 0 Å². The summed E-state index contributed by atoms with van der Waals surface area (Å²) in [5.74, 6) is 0. The van der Waals surface area contributed by atoms with Gasteiger partial charge in [-0.15, -0.1) is 11.3 Å². The summed E-state index contributed by atoms with van der Waals surface area (Å²) in [4.78, 5) is 12.5. The molecule has 0 aliphatic heterocycles. The van der Waals surface area contributed by atoms with Crippen LogP contribution in [-0.4, -0.2) is 9.97 Å². The molecule has 2 N–H and O–H groups in total. The molecule has 0 aliphatic carbocycles. The highest BCUT2D eigenvalue weighted by atomic mass is 32.1. The highest BCUT2D eigenvalue weighted by Gasteiger charge is 2.15. The lowest BCUT2D eigenvalue weighted by Gasteiger charge is -2.10. The van der Waals surface area contributed by atoms with Crippen LogP contribution in [0.5, 0.6) is 0 Å². The first-order chi connectivity index (χ1) is 11.6. The highest BCUT2D eigenvalue weighted by Crippen LogP contribution is 2.37. The molecule has 4 heteroatoms. The number of nitrogens with zero attached hydrogens (tertiary/aromatic N) is 2. The van der Waals surface area contributed by atoms with Crippen LogP contribution in [-0.2, 0) is 0 Å². The van der Waals surface area contributed by atoms with Crippen LogP contribution in [0.1, 0.15) is 9.75 Å². The largest absolute Gasteiger partial charge is 0.399 e. The molecule has 0 spiro atoms. The lowest BCUT2D eigenvalue weighted by Crippen LogP contribution is -1.92. The highest BCUT2D eigenvalue weighted by molar-refractivity contribution is 7.13. The van der Waals surface area contributed by atoms with Crippen LogP contribution < -0.4 is 5.73 Å². The number of thiophene rings is 1.